The van der Waals surface area contributed by atoms with Gasteiger partial charge in [-0.1, -0.05) is 47.9 Å². The van der Waals surface area contributed by atoms with Crippen molar-refractivity contribution in [3.05, 3.63) is 75.5 Å². The van der Waals surface area contributed by atoms with Gasteiger partial charge < -0.3 is 39.4 Å². The minimum atomic E-state index is 0.359. The van der Waals surface area contributed by atoms with Crippen LogP contribution in [0.3, 0.4) is 0 Å². The standard InChI is InChI=1S/C26H35N5O2.C15H14ClN3O.C11H22N2O/c1-5-19-6-7-23-22(15-19)17(3)24(26-27-18(4)30-33-26)25(29-23)31-11-8-21(14-16(31)2)28-20-9-12-32-13-10-20;1-4-10-5-6-12-11(7-10)8(2)13(14(16)18-12)15-17-9(3)19-20-15;1-9-8-11(2-5-12-9)13-10-3-6-14-7-4-10/h6-7,15-16,20-21,28H,5,8-14H2,1-4H3;5-7H,4H2,1-3H3;9-13H,2-8H2,1H3/t16-,21-;;9-,11-/m1.1/s1. The molecule has 8 heterocycles. The second-order valence-electron chi connectivity index (χ2n) is 19.0. The van der Waals surface area contributed by atoms with E-state index in [9.17, 15) is 0 Å². The van der Waals surface area contributed by atoms with Gasteiger partial charge in [0.05, 0.1) is 22.2 Å². The number of fused-ring (bicyclic) bond motifs is 2. The number of piperidine rings is 2. The Kier molecular flexibility index (Phi) is 16.6. The summed E-state index contributed by atoms with van der Waals surface area (Å²) in [6.07, 6.45) is 11.3. The Hall–Kier alpha value is -4.57. The maximum absolute atomic E-state index is 6.29. The van der Waals surface area contributed by atoms with Crippen LogP contribution in [0.2, 0.25) is 5.15 Å². The fraction of sp³-hybridized carbons (Fsp3) is 0.577. The molecular formula is C52H71ClN10O4. The molecule has 0 bridgehead atoms. The molecule has 14 nitrogen and oxygen atoms in total. The molecule has 4 aliphatic heterocycles. The van der Waals surface area contributed by atoms with Crippen LogP contribution in [-0.4, -0.2) is 106 Å². The Morgan fingerprint density at radius 2 is 1.16 bits per heavy atom. The van der Waals surface area contributed by atoms with E-state index in [-0.39, 0.29) is 0 Å². The SMILES string of the molecule is CCc1ccc2nc(Cl)c(-c3nc(C)no3)c(C)c2c1.CCc1ccc2nc(N3CC[C@@H](NC4CCOCC4)C[C@H]3C)c(-c3nc(C)no3)c(C)c2c1.C[C@@H]1C[C@H](NC2CCOCC2)CCN1. The quantitative estimate of drug-likeness (QED) is 0.118. The summed E-state index contributed by atoms with van der Waals surface area (Å²) in [5, 5.41) is 21.7. The highest BCUT2D eigenvalue weighted by Gasteiger charge is 2.32. The van der Waals surface area contributed by atoms with E-state index >= 15 is 0 Å². The van der Waals surface area contributed by atoms with Crippen molar-refractivity contribution >= 4 is 39.2 Å². The number of hydrogen-bond acceptors (Lipinski definition) is 14. The van der Waals surface area contributed by atoms with Gasteiger partial charge in [-0.25, -0.2) is 9.97 Å². The fourth-order valence-electron chi connectivity index (χ4n) is 10.2. The van der Waals surface area contributed by atoms with E-state index in [2.05, 4.69) is 111 Å². The lowest BCUT2D eigenvalue weighted by Crippen LogP contribution is -2.51. The summed E-state index contributed by atoms with van der Waals surface area (Å²) in [6.45, 7) is 22.4. The summed E-state index contributed by atoms with van der Waals surface area (Å²) < 4.78 is 21.8. The van der Waals surface area contributed by atoms with Crippen LogP contribution in [0.15, 0.2) is 45.4 Å². The van der Waals surface area contributed by atoms with Crippen LogP contribution in [0.1, 0.15) is 113 Å². The number of nitrogens with zero attached hydrogens (tertiary/aromatic N) is 7. The molecule has 0 aliphatic carbocycles. The number of halogens is 1. The zero-order valence-electron chi connectivity index (χ0n) is 40.9. The van der Waals surface area contributed by atoms with Crippen LogP contribution >= 0.6 is 11.6 Å². The van der Waals surface area contributed by atoms with Gasteiger partial charge in [-0.2, -0.15) is 9.97 Å². The predicted molar refractivity (Wildman–Crippen MR) is 267 cm³/mol. The Morgan fingerprint density at radius 3 is 1.67 bits per heavy atom. The number of nitrogens with one attached hydrogen (secondary N) is 3. The Morgan fingerprint density at radius 1 is 0.642 bits per heavy atom. The highest BCUT2D eigenvalue weighted by Crippen LogP contribution is 2.39. The minimum absolute atomic E-state index is 0.359. The molecule has 4 atom stereocenters. The first kappa shape index (κ1) is 48.9. The minimum Gasteiger partial charge on any atom is -0.381 e. The third-order valence-electron chi connectivity index (χ3n) is 14.0. The average molecular weight is 936 g/mol. The number of anilines is 1. The third kappa shape index (κ3) is 12.0. The van der Waals surface area contributed by atoms with E-state index in [1.807, 2.05) is 19.9 Å². The lowest BCUT2D eigenvalue weighted by molar-refractivity contribution is 0.0728. The van der Waals surface area contributed by atoms with Gasteiger partial charge in [-0.3, -0.25) is 0 Å². The van der Waals surface area contributed by atoms with Gasteiger partial charge in [-0.15, -0.1) is 0 Å². The molecule has 3 N–H and O–H groups in total. The number of hydrogen-bond donors (Lipinski definition) is 3. The molecule has 4 fully saturated rings. The van der Waals surface area contributed by atoms with Crippen LogP contribution < -0.4 is 20.9 Å². The predicted octanol–water partition coefficient (Wildman–Crippen LogP) is 9.60. The summed E-state index contributed by atoms with van der Waals surface area (Å²) in [7, 11) is 0. The monoisotopic (exact) mass is 935 g/mol. The molecule has 0 unspecified atom stereocenters. The van der Waals surface area contributed by atoms with Crippen LogP contribution in [0.25, 0.3) is 44.7 Å². The van der Waals surface area contributed by atoms with Crippen LogP contribution in [0, 0.1) is 27.7 Å². The van der Waals surface area contributed by atoms with Crippen LogP contribution in [-0.2, 0) is 22.3 Å². The number of rotatable bonds is 9. The second-order valence-corrected chi connectivity index (χ2v) is 19.3. The van der Waals surface area contributed by atoms with Crippen LogP contribution in [0.5, 0.6) is 0 Å². The van der Waals surface area contributed by atoms with Gasteiger partial charge in [0, 0.05) is 80.0 Å². The van der Waals surface area contributed by atoms with Crippen molar-refractivity contribution in [3.63, 3.8) is 0 Å². The van der Waals surface area contributed by atoms with E-state index < -0.39 is 0 Å². The van der Waals surface area contributed by atoms with Gasteiger partial charge in [-0.05, 0) is 159 Å². The van der Waals surface area contributed by atoms with Crippen LogP contribution in [0.4, 0.5) is 5.82 Å². The molecule has 15 heteroatoms. The molecule has 0 spiro atoms. The first-order chi connectivity index (χ1) is 32.5. The smallest absolute Gasteiger partial charge is 0.261 e. The maximum Gasteiger partial charge on any atom is 0.261 e. The fourth-order valence-corrected chi connectivity index (χ4v) is 10.5. The lowest BCUT2D eigenvalue weighted by atomic mass is 9.94. The largest absolute Gasteiger partial charge is 0.381 e. The van der Waals surface area contributed by atoms with E-state index in [4.69, 9.17) is 35.1 Å². The summed E-state index contributed by atoms with van der Waals surface area (Å²) >= 11 is 6.29. The summed E-state index contributed by atoms with van der Waals surface area (Å²) in [4.78, 5) is 20.9. The maximum atomic E-state index is 6.29. The number of aromatic nitrogens is 6. The average Bonchev–Trinajstić information content (AvgIpc) is 3.97. The molecule has 67 heavy (non-hydrogen) atoms. The zero-order chi connectivity index (χ0) is 47.0. The summed E-state index contributed by atoms with van der Waals surface area (Å²) in [5.74, 6) is 3.17. The van der Waals surface area contributed by atoms with Crippen molar-refractivity contribution < 1.29 is 18.5 Å². The van der Waals surface area contributed by atoms with Crippen molar-refractivity contribution in [2.24, 2.45) is 0 Å². The molecule has 10 rings (SSSR count). The van der Waals surface area contributed by atoms with Gasteiger partial charge in [0.25, 0.3) is 11.8 Å². The molecule has 0 saturated carbocycles. The van der Waals surface area contributed by atoms with Gasteiger partial charge in [0.15, 0.2) is 11.6 Å². The second kappa shape index (κ2) is 22.7. The van der Waals surface area contributed by atoms with Crippen molar-refractivity contribution in [2.75, 3.05) is 44.4 Å². The van der Waals surface area contributed by atoms with E-state index in [0.717, 1.165) is 122 Å². The number of benzene rings is 2. The molecule has 6 aromatic rings. The molecule has 360 valence electrons. The topological polar surface area (TPSA) is 161 Å². The van der Waals surface area contributed by atoms with Crippen molar-refractivity contribution in [3.8, 4) is 22.9 Å². The Labute approximate surface area is 401 Å². The Bertz CT molecular complexity index is 2570. The first-order valence-corrected chi connectivity index (χ1v) is 25.2. The molecule has 4 saturated heterocycles. The lowest BCUT2D eigenvalue weighted by Gasteiger charge is -2.41. The molecule has 0 amide bonds. The highest BCUT2D eigenvalue weighted by molar-refractivity contribution is 6.32. The van der Waals surface area contributed by atoms with Crippen molar-refractivity contribution in [1.29, 1.82) is 0 Å². The Balaban J connectivity index is 0.000000151. The van der Waals surface area contributed by atoms with Gasteiger partial charge >= 0.3 is 0 Å². The molecule has 4 aromatic heterocycles. The normalized spacial score (nSPS) is 21.8. The molecule has 4 aliphatic rings. The van der Waals surface area contributed by atoms with E-state index in [1.54, 1.807) is 6.92 Å². The first-order valence-electron chi connectivity index (χ1n) is 24.8. The van der Waals surface area contributed by atoms with Crippen molar-refractivity contribution in [1.82, 2.24) is 46.2 Å². The number of ether oxygens (including phenoxy) is 2. The zero-order valence-corrected chi connectivity index (χ0v) is 41.6. The highest BCUT2D eigenvalue weighted by atomic mass is 35.5. The van der Waals surface area contributed by atoms with Crippen molar-refractivity contribution in [2.45, 2.75) is 156 Å². The number of aryl methyl sites for hydroxylation is 6. The molecule has 2 aromatic carbocycles. The van der Waals surface area contributed by atoms with Gasteiger partial charge in [0.1, 0.15) is 11.0 Å². The molecular weight excluding hydrogens is 864 g/mol. The third-order valence-corrected chi connectivity index (χ3v) is 14.3. The van der Waals surface area contributed by atoms with E-state index in [0.29, 0.717) is 64.4 Å². The number of pyridine rings is 2. The summed E-state index contributed by atoms with van der Waals surface area (Å²) in [6, 6.07) is 16.4. The summed E-state index contributed by atoms with van der Waals surface area (Å²) in [5.41, 5.74) is 8.33. The van der Waals surface area contributed by atoms with E-state index in [1.165, 1.54) is 43.4 Å². The van der Waals surface area contributed by atoms with Gasteiger partial charge in [0.2, 0.25) is 0 Å². The molecule has 0 radical (unpaired) electrons.